The summed E-state index contributed by atoms with van der Waals surface area (Å²) in [7, 11) is 0. The van der Waals surface area contributed by atoms with Gasteiger partial charge in [0, 0.05) is 17.5 Å². The first kappa shape index (κ1) is 12.2. The lowest BCUT2D eigenvalue weighted by atomic mass is 10.2. The van der Waals surface area contributed by atoms with E-state index in [2.05, 4.69) is 4.98 Å². The van der Waals surface area contributed by atoms with E-state index in [9.17, 15) is 5.11 Å². The summed E-state index contributed by atoms with van der Waals surface area (Å²) < 4.78 is 5.46. The maximum atomic E-state index is 9.75. The molecule has 1 N–H and O–H groups in total. The van der Waals surface area contributed by atoms with Gasteiger partial charge >= 0.3 is 0 Å². The van der Waals surface area contributed by atoms with Gasteiger partial charge in [0.05, 0.1) is 24.8 Å². The lowest BCUT2D eigenvalue weighted by molar-refractivity contribution is 0.0292. The first-order valence-corrected chi connectivity index (χ1v) is 6.39. The molecule has 1 atom stereocenters. The Labute approximate surface area is 105 Å². The van der Waals surface area contributed by atoms with Crippen molar-refractivity contribution in [3.8, 4) is 0 Å². The molecule has 90 valence electrons. The predicted molar refractivity (Wildman–Crippen MR) is 67.9 cm³/mol. The standard InChI is InChI=1S/C13H15NO2S/c15-12(6-13-7-14-10-17-13)9-16-8-11-4-2-1-3-5-11/h1-5,7,10,12,15H,6,8-9H2. The van der Waals surface area contributed by atoms with Gasteiger partial charge < -0.3 is 9.84 Å². The Balaban J connectivity index is 1.68. The summed E-state index contributed by atoms with van der Waals surface area (Å²) in [5.74, 6) is 0. The molecule has 1 aromatic carbocycles. The summed E-state index contributed by atoms with van der Waals surface area (Å²) in [5.41, 5.74) is 2.89. The molecule has 0 aliphatic rings. The number of aliphatic hydroxyl groups excluding tert-OH is 1. The Hall–Kier alpha value is -1.23. The Morgan fingerprint density at radius 2 is 2.12 bits per heavy atom. The second-order valence-electron chi connectivity index (χ2n) is 3.83. The largest absolute Gasteiger partial charge is 0.390 e. The molecule has 1 aromatic heterocycles. The molecule has 3 nitrogen and oxygen atoms in total. The van der Waals surface area contributed by atoms with E-state index in [0.717, 1.165) is 10.4 Å². The molecule has 4 heteroatoms. The topological polar surface area (TPSA) is 42.4 Å². The quantitative estimate of drug-likeness (QED) is 0.854. The summed E-state index contributed by atoms with van der Waals surface area (Å²) in [6.45, 7) is 0.896. The summed E-state index contributed by atoms with van der Waals surface area (Å²) in [4.78, 5) is 5.05. The number of rotatable bonds is 6. The number of hydrogen-bond acceptors (Lipinski definition) is 4. The fourth-order valence-corrected chi connectivity index (χ4v) is 2.19. The smallest absolute Gasteiger partial charge is 0.0822 e. The average molecular weight is 249 g/mol. The molecule has 0 bridgehead atoms. The normalized spacial score (nSPS) is 12.5. The van der Waals surface area contributed by atoms with Crippen LogP contribution in [0.2, 0.25) is 0 Å². The fourth-order valence-electron chi connectivity index (χ4n) is 1.52. The fraction of sp³-hybridized carbons (Fsp3) is 0.308. The van der Waals surface area contributed by atoms with E-state index < -0.39 is 6.10 Å². The molecule has 1 unspecified atom stereocenters. The van der Waals surface area contributed by atoms with Crippen LogP contribution < -0.4 is 0 Å². The molecular weight excluding hydrogens is 234 g/mol. The van der Waals surface area contributed by atoms with Crippen molar-refractivity contribution in [2.45, 2.75) is 19.1 Å². The highest BCUT2D eigenvalue weighted by Crippen LogP contribution is 2.09. The number of ether oxygens (including phenoxy) is 1. The SMILES string of the molecule is OC(COCc1ccccc1)Cc1cncs1. The zero-order valence-corrected chi connectivity index (χ0v) is 10.3. The van der Waals surface area contributed by atoms with Crippen LogP contribution in [-0.2, 0) is 17.8 Å². The molecule has 2 aromatic rings. The lowest BCUT2D eigenvalue weighted by Gasteiger charge is -2.09. The third-order valence-electron chi connectivity index (χ3n) is 2.34. The van der Waals surface area contributed by atoms with Crippen LogP contribution in [0.15, 0.2) is 42.0 Å². The Kier molecular flexibility index (Phi) is 4.67. The van der Waals surface area contributed by atoms with Crippen molar-refractivity contribution >= 4 is 11.3 Å². The number of hydrogen-bond donors (Lipinski definition) is 1. The van der Waals surface area contributed by atoms with Crippen LogP contribution in [0.4, 0.5) is 0 Å². The van der Waals surface area contributed by atoms with E-state index in [1.807, 2.05) is 30.3 Å². The van der Waals surface area contributed by atoms with Crippen LogP contribution in [0.3, 0.4) is 0 Å². The van der Waals surface area contributed by atoms with Gasteiger partial charge in [0.1, 0.15) is 0 Å². The molecule has 2 rings (SSSR count). The summed E-state index contributed by atoms with van der Waals surface area (Å²) >= 11 is 1.55. The van der Waals surface area contributed by atoms with Crippen LogP contribution in [0.5, 0.6) is 0 Å². The van der Waals surface area contributed by atoms with Gasteiger partial charge in [0.2, 0.25) is 0 Å². The van der Waals surface area contributed by atoms with Gasteiger partial charge in [-0.3, -0.25) is 4.98 Å². The number of benzene rings is 1. The molecule has 1 heterocycles. The highest BCUT2D eigenvalue weighted by atomic mass is 32.1. The minimum Gasteiger partial charge on any atom is -0.390 e. The molecule has 0 radical (unpaired) electrons. The van der Waals surface area contributed by atoms with E-state index in [1.54, 1.807) is 23.0 Å². The third-order valence-corrected chi connectivity index (χ3v) is 3.14. The number of nitrogens with zero attached hydrogens (tertiary/aromatic N) is 1. The minimum absolute atomic E-state index is 0.354. The van der Waals surface area contributed by atoms with Crippen molar-refractivity contribution < 1.29 is 9.84 Å². The zero-order chi connectivity index (χ0) is 11.9. The van der Waals surface area contributed by atoms with Crippen LogP contribution in [0, 0.1) is 0 Å². The third kappa shape index (κ3) is 4.26. The maximum Gasteiger partial charge on any atom is 0.0822 e. The van der Waals surface area contributed by atoms with E-state index in [-0.39, 0.29) is 0 Å². The van der Waals surface area contributed by atoms with E-state index >= 15 is 0 Å². The molecule has 0 saturated heterocycles. The Morgan fingerprint density at radius 1 is 1.29 bits per heavy atom. The van der Waals surface area contributed by atoms with Crippen molar-refractivity contribution in [2.24, 2.45) is 0 Å². The van der Waals surface area contributed by atoms with Crippen molar-refractivity contribution in [3.63, 3.8) is 0 Å². The predicted octanol–water partition coefficient (Wildman–Crippen LogP) is 2.26. The van der Waals surface area contributed by atoms with Gasteiger partial charge in [-0.15, -0.1) is 11.3 Å². The van der Waals surface area contributed by atoms with Crippen LogP contribution in [-0.4, -0.2) is 22.8 Å². The molecule has 0 aliphatic carbocycles. The molecule has 0 fully saturated rings. The molecular formula is C13H15NO2S. The van der Waals surface area contributed by atoms with Gasteiger partial charge in [-0.2, -0.15) is 0 Å². The number of aliphatic hydroxyl groups is 1. The summed E-state index contributed by atoms with van der Waals surface area (Å²) in [6, 6.07) is 9.95. The van der Waals surface area contributed by atoms with Crippen molar-refractivity contribution in [1.29, 1.82) is 0 Å². The van der Waals surface area contributed by atoms with Crippen molar-refractivity contribution in [2.75, 3.05) is 6.61 Å². The first-order valence-electron chi connectivity index (χ1n) is 5.51. The van der Waals surface area contributed by atoms with Crippen LogP contribution in [0.25, 0.3) is 0 Å². The Morgan fingerprint density at radius 3 is 2.82 bits per heavy atom. The highest BCUT2D eigenvalue weighted by molar-refractivity contribution is 7.09. The monoisotopic (exact) mass is 249 g/mol. The van der Waals surface area contributed by atoms with Gasteiger partial charge in [-0.1, -0.05) is 30.3 Å². The maximum absolute atomic E-state index is 9.75. The molecule has 0 spiro atoms. The molecule has 0 amide bonds. The summed E-state index contributed by atoms with van der Waals surface area (Å²) in [5, 5.41) is 9.75. The molecule has 0 aliphatic heterocycles. The Bertz CT molecular complexity index is 416. The van der Waals surface area contributed by atoms with Gasteiger partial charge in [-0.25, -0.2) is 0 Å². The zero-order valence-electron chi connectivity index (χ0n) is 9.45. The second-order valence-corrected chi connectivity index (χ2v) is 4.80. The van der Waals surface area contributed by atoms with E-state index in [4.69, 9.17) is 4.74 Å². The summed E-state index contributed by atoms with van der Waals surface area (Å²) in [6.07, 6.45) is 1.93. The first-order chi connectivity index (χ1) is 8.34. The van der Waals surface area contributed by atoms with Crippen LogP contribution in [0.1, 0.15) is 10.4 Å². The second kappa shape index (κ2) is 6.49. The van der Waals surface area contributed by atoms with Crippen LogP contribution >= 0.6 is 11.3 Å². The average Bonchev–Trinajstić information content (AvgIpc) is 2.83. The number of aromatic nitrogens is 1. The molecule has 0 saturated carbocycles. The molecule has 17 heavy (non-hydrogen) atoms. The van der Waals surface area contributed by atoms with E-state index in [1.165, 1.54) is 0 Å². The van der Waals surface area contributed by atoms with Crippen molar-refractivity contribution in [3.05, 3.63) is 52.5 Å². The van der Waals surface area contributed by atoms with Crippen molar-refractivity contribution in [1.82, 2.24) is 4.98 Å². The van der Waals surface area contributed by atoms with Gasteiger partial charge in [-0.05, 0) is 5.56 Å². The van der Waals surface area contributed by atoms with Gasteiger partial charge in [0.15, 0.2) is 0 Å². The minimum atomic E-state index is -0.459. The van der Waals surface area contributed by atoms with Gasteiger partial charge in [0.25, 0.3) is 0 Å². The lowest BCUT2D eigenvalue weighted by Crippen LogP contribution is -2.17. The number of thiazole rings is 1. The highest BCUT2D eigenvalue weighted by Gasteiger charge is 2.06. The van der Waals surface area contributed by atoms with E-state index in [0.29, 0.717) is 19.6 Å².